The van der Waals surface area contributed by atoms with E-state index in [-0.39, 0.29) is 36.0 Å². The van der Waals surface area contributed by atoms with E-state index in [1.54, 1.807) is 24.3 Å². The number of aliphatic hydroxyl groups excluding tert-OH is 2. The summed E-state index contributed by atoms with van der Waals surface area (Å²) in [5, 5.41) is 29.0. The highest BCUT2D eigenvalue weighted by Gasteiger charge is 2.20. The summed E-state index contributed by atoms with van der Waals surface area (Å²) in [5.74, 6) is -0.0869. The molecule has 2 rings (SSSR count). The molecule has 0 aliphatic heterocycles. The molecule has 3 N–H and O–H groups in total. The van der Waals surface area contributed by atoms with Crippen molar-refractivity contribution in [1.29, 1.82) is 0 Å². The Morgan fingerprint density at radius 3 is 2.39 bits per heavy atom. The molecule has 0 amide bonds. The summed E-state index contributed by atoms with van der Waals surface area (Å²) >= 11 is 0. The second-order valence-electron chi connectivity index (χ2n) is 6.66. The molecular weight excluding hydrogens is 364 g/mol. The van der Waals surface area contributed by atoms with Gasteiger partial charge in [0.05, 0.1) is 19.8 Å². The summed E-state index contributed by atoms with van der Waals surface area (Å²) in [7, 11) is 1.38. The quantitative estimate of drug-likeness (QED) is 0.569. The van der Waals surface area contributed by atoms with Gasteiger partial charge in [-0.2, -0.15) is 0 Å². The highest BCUT2D eigenvalue weighted by atomic mass is 16.5. The van der Waals surface area contributed by atoms with Crippen LogP contribution in [0.3, 0.4) is 0 Å². The van der Waals surface area contributed by atoms with Crippen molar-refractivity contribution in [3.8, 4) is 23.0 Å². The summed E-state index contributed by atoms with van der Waals surface area (Å²) in [6.07, 6.45) is -0.131. The molecule has 0 heterocycles. The lowest BCUT2D eigenvalue weighted by molar-refractivity contribution is 0.0690. The van der Waals surface area contributed by atoms with Crippen molar-refractivity contribution in [2.75, 3.05) is 20.3 Å². The van der Waals surface area contributed by atoms with E-state index in [0.717, 1.165) is 0 Å². The molecule has 0 aliphatic carbocycles. The third-order valence-corrected chi connectivity index (χ3v) is 4.04. The molecule has 0 bridgehead atoms. The normalized spacial score (nSPS) is 11.9. The van der Waals surface area contributed by atoms with Gasteiger partial charge in [-0.05, 0) is 42.2 Å². The van der Waals surface area contributed by atoms with Gasteiger partial charge in [-0.1, -0.05) is 26.0 Å². The van der Waals surface area contributed by atoms with Crippen molar-refractivity contribution in [2.24, 2.45) is 5.92 Å². The second-order valence-corrected chi connectivity index (χ2v) is 6.66. The zero-order valence-corrected chi connectivity index (χ0v) is 16.2. The number of methoxy groups -OCH3 is 1. The third kappa shape index (κ3) is 5.37. The van der Waals surface area contributed by atoms with Crippen LogP contribution in [-0.4, -0.2) is 41.6 Å². The van der Waals surface area contributed by atoms with Gasteiger partial charge < -0.3 is 29.5 Å². The average molecular weight is 390 g/mol. The number of aromatic carboxylic acids is 1. The number of hydrogen-bond donors (Lipinski definition) is 3. The van der Waals surface area contributed by atoms with Crippen LogP contribution in [0.15, 0.2) is 36.4 Å². The Bertz CT molecular complexity index is 801. The van der Waals surface area contributed by atoms with Crippen molar-refractivity contribution >= 4 is 5.97 Å². The Hall–Kier alpha value is -2.77. The number of aliphatic hydroxyl groups is 2. The fraction of sp³-hybridized carbons (Fsp3) is 0.381. The first kappa shape index (κ1) is 21.5. The van der Waals surface area contributed by atoms with E-state index in [1.165, 1.54) is 19.2 Å². The van der Waals surface area contributed by atoms with Gasteiger partial charge in [0, 0.05) is 0 Å². The van der Waals surface area contributed by atoms with Crippen LogP contribution >= 0.6 is 0 Å². The maximum Gasteiger partial charge on any atom is 0.343 e. The number of carboxylic acids is 1. The van der Waals surface area contributed by atoms with Gasteiger partial charge in [0.2, 0.25) is 0 Å². The van der Waals surface area contributed by atoms with Gasteiger partial charge in [0.25, 0.3) is 0 Å². The molecule has 0 aliphatic rings. The highest BCUT2D eigenvalue weighted by Crippen LogP contribution is 2.38. The Morgan fingerprint density at radius 2 is 1.79 bits per heavy atom. The van der Waals surface area contributed by atoms with Crippen molar-refractivity contribution in [3.63, 3.8) is 0 Å². The SMILES string of the molecule is COc1cccc(Oc2cc(C(O)CC(C)C)ccc2OCCO)c1C(=O)O. The molecule has 28 heavy (non-hydrogen) atoms. The molecule has 0 fully saturated rings. The van der Waals surface area contributed by atoms with Gasteiger partial charge in [0.15, 0.2) is 11.5 Å². The standard InChI is InChI=1S/C21H26O7/c1-13(2)11-15(23)14-7-8-16(27-10-9-22)19(12-14)28-18-6-4-5-17(26-3)20(18)21(24)25/h4-8,12-13,15,22-23H,9-11H2,1-3H3,(H,24,25). The zero-order valence-electron chi connectivity index (χ0n) is 16.2. The number of benzene rings is 2. The number of ether oxygens (including phenoxy) is 3. The van der Waals surface area contributed by atoms with Gasteiger partial charge in [0.1, 0.15) is 23.7 Å². The summed E-state index contributed by atoms with van der Waals surface area (Å²) < 4.78 is 16.5. The molecule has 2 aromatic rings. The molecular formula is C21H26O7. The molecule has 0 aromatic heterocycles. The lowest BCUT2D eigenvalue weighted by Crippen LogP contribution is -2.07. The van der Waals surface area contributed by atoms with Gasteiger partial charge in [-0.3, -0.25) is 0 Å². The number of carbonyl (C=O) groups is 1. The Morgan fingerprint density at radius 1 is 1.07 bits per heavy atom. The summed E-state index contributed by atoms with van der Waals surface area (Å²) in [5.41, 5.74) is 0.506. The maximum absolute atomic E-state index is 11.7. The van der Waals surface area contributed by atoms with Crippen LogP contribution in [0, 0.1) is 5.92 Å². The molecule has 0 spiro atoms. The second kappa shape index (κ2) is 9.96. The number of carboxylic acid groups (broad SMARTS) is 1. The topological polar surface area (TPSA) is 105 Å². The molecule has 2 aromatic carbocycles. The Labute approximate surface area is 164 Å². The number of hydrogen-bond acceptors (Lipinski definition) is 6. The third-order valence-electron chi connectivity index (χ3n) is 4.04. The van der Waals surface area contributed by atoms with Crippen LogP contribution in [0.25, 0.3) is 0 Å². The lowest BCUT2D eigenvalue weighted by atomic mass is 9.99. The number of rotatable bonds is 10. The smallest absolute Gasteiger partial charge is 0.343 e. The van der Waals surface area contributed by atoms with E-state index in [9.17, 15) is 15.0 Å². The van der Waals surface area contributed by atoms with Gasteiger partial charge >= 0.3 is 5.97 Å². The van der Waals surface area contributed by atoms with Crippen molar-refractivity contribution in [3.05, 3.63) is 47.5 Å². The highest BCUT2D eigenvalue weighted by molar-refractivity contribution is 5.94. The van der Waals surface area contributed by atoms with E-state index in [4.69, 9.17) is 19.3 Å². The van der Waals surface area contributed by atoms with E-state index in [2.05, 4.69) is 0 Å². The lowest BCUT2D eigenvalue weighted by Gasteiger charge is -2.18. The van der Waals surface area contributed by atoms with Gasteiger partial charge in [-0.25, -0.2) is 4.79 Å². The monoisotopic (exact) mass is 390 g/mol. The Kier molecular flexibility index (Phi) is 7.66. The first-order valence-corrected chi connectivity index (χ1v) is 9.01. The summed E-state index contributed by atoms with van der Waals surface area (Å²) in [6, 6.07) is 9.62. The van der Waals surface area contributed by atoms with E-state index in [0.29, 0.717) is 23.7 Å². The van der Waals surface area contributed by atoms with Crippen molar-refractivity contribution < 1.29 is 34.3 Å². The van der Waals surface area contributed by atoms with Gasteiger partial charge in [-0.15, -0.1) is 0 Å². The van der Waals surface area contributed by atoms with Crippen LogP contribution in [-0.2, 0) is 0 Å². The van der Waals surface area contributed by atoms with Crippen LogP contribution in [0.1, 0.15) is 42.3 Å². The minimum absolute atomic E-state index is 0.0498. The van der Waals surface area contributed by atoms with Crippen LogP contribution in [0.4, 0.5) is 0 Å². The minimum Gasteiger partial charge on any atom is -0.496 e. The summed E-state index contributed by atoms with van der Waals surface area (Å²) in [4.78, 5) is 11.7. The van der Waals surface area contributed by atoms with Crippen LogP contribution in [0.5, 0.6) is 23.0 Å². The average Bonchev–Trinajstić information content (AvgIpc) is 2.65. The first-order chi connectivity index (χ1) is 13.4. The summed E-state index contributed by atoms with van der Waals surface area (Å²) in [6.45, 7) is 3.88. The minimum atomic E-state index is -1.19. The molecule has 7 heteroatoms. The fourth-order valence-electron chi connectivity index (χ4n) is 2.76. The van der Waals surface area contributed by atoms with E-state index in [1.807, 2.05) is 13.8 Å². The van der Waals surface area contributed by atoms with E-state index < -0.39 is 12.1 Å². The maximum atomic E-state index is 11.7. The van der Waals surface area contributed by atoms with Crippen molar-refractivity contribution in [1.82, 2.24) is 0 Å². The molecule has 0 saturated heterocycles. The molecule has 7 nitrogen and oxygen atoms in total. The zero-order chi connectivity index (χ0) is 20.7. The van der Waals surface area contributed by atoms with Crippen LogP contribution < -0.4 is 14.2 Å². The molecule has 1 atom stereocenters. The predicted octanol–water partition coefficient (Wildman–Crippen LogP) is 3.64. The molecule has 0 radical (unpaired) electrons. The Balaban J connectivity index is 2.46. The first-order valence-electron chi connectivity index (χ1n) is 9.01. The van der Waals surface area contributed by atoms with Crippen LogP contribution in [0.2, 0.25) is 0 Å². The van der Waals surface area contributed by atoms with Crippen molar-refractivity contribution in [2.45, 2.75) is 26.4 Å². The molecule has 1 unspecified atom stereocenters. The fourth-order valence-corrected chi connectivity index (χ4v) is 2.76. The largest absolute Gasteiger partial charge is 0.496 e. The van der Waals surface area contributed by atoms with E-state index >= 15 is 0 Å². The molecule has 152 valence electrons. The molecule has 0 saturated carbocycles. The predicted molar refractivity (Wildman–Crippen MR) is 103 cm³/mol.